The van der Waals surface area contributed by atoms with Crippen molar-refractivity contribution in [2.24, 2.45) is 0 Å². The van der Waals surface area contributed by atoms with E-state index in [-0.39, 0.29) is 24.8 Å². The van der Waals surface area contributed by atoms with Crippen LogP contribution in [0.4, 0.5) is 0 Å². The van der Waals surface area contributed by atoms with Gasteiger partial charge in [0, 0.05) is 24.9 Å². The second-order valence-corrected chi connectivity index (χ2v) is 5.93. The van der Waals surface area contributed by atoms with E-state index in [0.717, 1.165) is 38.8 Å². The fraction of sp³-hybridized carbons (Fsp3) is 0.778. The molecule has 22 heavy (non-hydrogen) atoms. The highest BCUT2D eigenvalue weighted by atomic mass is 35.5. The summed E-state index contributed by atoms with van der Waals surface area (Å²) in [7, 11) is 4.23. The van der Waals surface area contributed by atoms with Crippen LogP contribution in [0.5, 0.6) is 0 Å². The van der Waals surface area contributed by atoms with Crippen LogP contribution in [0.25, 0.3) is 0 Å². The third-order valence-electron chi connectivity index (χ3n) is 3.52. The van der Waals surface area contributed by atoms with Crippen LogP contribution in [-0.2, 0) is 0 Å². The Morgan fingerprint density at radius 3 is 1.23 bits per heavy atom. The van der Waals surface area contributed by atoms with Crippen LogP contribution in [0.1, 0.15) is 53.4 Å². The van der Waals surface area contributed by atoms with E-state index in [1.807, 2.05) is 0 Å². The molecule has 0 amide bonds. The molecule has 0 bridgehead atoms. The minimum Gasteiger partial charge on any atom is -0.293 e. The van der Waals surface area contributed by atoms with E-state index in [2.05, 4.69) is 75.3 Å². The fourth-order valence-corrected chi connectivity index (χ4v) is 1.33. The van der Waals surface area contributed by atoms with E-state index >= 15 is 0 Å². The van der Waals surface area contributed by atoms with Crippen molar-refractivity contribution in [3.8, 4) is 23.7 Å². The van der Waals surface area contributed by atoms with Gasteiger partial charge in [-0.3, -0.25) is 9.80 Å². The molecule has 0 heterocycles. The summed E-state index contributed by atoms with van der Waals surface area (Å²) in [6.07, 6.45) is 4.32. The zero-order valence-corrected chi connectivity index (χ0v) is 16.7. The van der Waals surface area contributed by atoms with E-state index in [0.29, 0.717) is 12.1 Å². The predicted molar refractivity (Wildman–Crippen MR) is 104 cm³/mol. The molecule has 2 nitrogen and oxygen atoms in total. The van der Waals surface area contributed by atoms with Crippen LogP contribution in [-0.4, -0.2) is 49.1 Å². The van der Waals surface area contributed by atoms with Gasteiger partial charge in [-0.25, -0.2) is 0 Å². The fourth-order valence-electron chi connectivity index (χ4n) is 1.33. The molecule has 0 aliphatic rings. The van der Waals surface area contributed by atoms with Gasteiger partial charge in [-0.1, -0.05) is 11.8 Å². The van der Waals surface area contributed by atoms with Gasteiger partial charge in [0.05, 0.1) is 13.1 Å². The summed E-state index contributed by atoms with van der Waals surface area (Å²) < 4.78 is 0. The number of hydrogen-bond acceptors (Lipinski definition) is 2. The van der Waals surface area contributed by atoms with Crippen LogP contribution in [0.3, 0.4) is 0 Å². The minimum atomic E-state index is 0. The first-order chi connectivity index (χ1) is 9.45. The van der Waals surface area contributed by atoms with Crippen molar-refractivity contribution in [1.29, 1.82) is 0 Å². The lowest BCUT2D eigenvalue weighted by molar-refractivity contribution is 0.307. The number of halogens is 2. The summed E-state index contributed by atoms with van der Waals surface area (Å²) in [6.45, 7) is 10.5. The predicted octanol–water partition coefficient (Wildman–Crippen LogP) is 4.08. The molecule has 0 radical (unpaired) electrons. The molecule has 0 N–H and O–H groups in total. The van der Waals surface area contributed by atoms with Crippen molar-refractivity contribution in [3.05, 3.63) is 0 Å². The molecule has 130 valence electrons. The Kier molecular flexibility index (Phi) is 20.5. The maximum Gasteiger partial charge on any atom is 0.0601 e. The lowest BCUT2D eigenvalue weighted by atomic mass is 10.2. The smallest absolute Gasteiger partial charge is 0.0601 e. The molecule has 0 aromatic rings. The second-order valence-electron chi connectivity index (χ2n) is 5.93. The lowest BCUT2D eigenvalue weighted by Crippen LogP contribution is -2.26. The van der Waals surface area contributed by atoms with Gasteiger partial charge in [-0.05, 0) is 54.6 Å². The van der Waals surface area contributed by atoms with E-state index in [1.165, 1.54) is 0 Å². The van der Waals surface area contributed by atoms with Crippen molar-refractivity contribution >= 4 is 24.8 Å². The Morgan fingerprint density at radius 1 is 0.636 bits per heavy atom. The normalized spacial score (nSPS) is 9.73. The Morgan fingerprint density at radius 2 is 0.955 bits per heavy atom. The molecule has 0 aliphatic heterocycles. The summed E-state index contributed by atoms with van der Waals surface area (Å²) in [5.41, 5.74) is 0. The third kappa shape index (κ3) is 16.0. The van der Waals surface area contributed by atoms with Crippen molar-refractivity contribution in [3.63, 3.8) is 0 Å². The molecule has 0 spiro atoms. The van der Waals surface area contributed by atoms with Gasteiger partial charge in [0.1, 0.15) is 0 Å². The highest BCUT2D eigenvalue weighted by Crippen LogP contribution is 1.98. The van der Waals surface area contributed by atoms with Crippen LogP contribution < -0.4 is 0 Å². The molecular weight excluding hydrogens is 315 g/mol. The molecule has 0 saturated carbocycles. The summed E-state index contributed by atoms with van der Waals surface area (Å²) in [5.74, 6) is 13.0. The standard InChI is InChI=1S/C18H32N2.2ClH/c1-17(2)19(5)15-13-11-9-7-8-10-12-14-16-20(6)18(3)4;;/h17-18H,7-10,15-16H2,1-6H3;2*1H. The van der Waals surface area contributed by atoms with Crippen LogP contribution in [0.15, 0.2) is 0 Å². The average molecular weight is 349 g/mol. The largest absolute Gasteiger partial charge is 0.293 e. The van der Waals surface area contributed by atoms with Crippen molar-refractivity contribution < 1.29 is 0 Å². The Bertz CT molecular complexity index is 323. The van der Waals surface area contributed by atoms with E-state index in [1.54, 1.807) is 0 Å². The molecule has 0 aromatic heterocycles. The molecule has 0 aliphatic carbocycles. The Balaban J connectivity index is -0.00000180. The Hall–Kier alpha value is -0.380. The number of hydrogen-bond donors (Lipinski definition) is 0. The lowest BCUT2D eigenvalue weighted by Gasteiger charge is -2.17. The molecule has 0 fully saturated rings. The number of unbranched alkanes of at least 4 members (excludes halogenated alkanes) is 3. The van der Waals surface area contributed by atoms with Gasteiger partial charge in [0.2, 0.25) is 0 Å². The van der Waals surface area contributed by atoms with Crippen molar-refractivity contribution in [1.82, 2.24) is 9.80 Å². The highest BCUT2D eigenvalue weighted by molar-refractivity contribution is 5.85. The summed E-state index contributed by atoms with van der Waals surface area (Å²) in [5, 5.41) is 0. The van der Waals surface area contributed by atoms with E-state index < -0.39 is 0 Å². The third-order valence-corrected chi connectivity index (χ3v) is 3.52. The molecule has 0 aromatic carbocycles. The molecule has 0 atom stereocenters. The van der Waals surface area contributed by atoms with Crippen molar-refractivity contribution in [2.45, 2.75) is 65.5 Å². The van der Waals surface area contributed by atoms with Gasteiger partial charge >= 0.3 is 0 Å². The molecular formula is C18H34Cl2N2. The van der Waals surface area contributed by atoms with E-state index in [4.69, 9.17) is 0 Å². The van der Waals surface area contributed by atoms with Gasteiger partial charge in [-0.15, -0.1) is 36.7 Å². The van der Waals surface area contributed by atoms with Gasteiger partial charge in [-0.2, -0.15) is 0 Å². The summed E-state index contributed by atoms with van der Waals surface area (Å²) in [6, 6.07) is 1.15. The number of nitrogens with zero attached hydrogens (tertiary/aromatic N) is 2. The van der Waals surface area contributed by atoms with E-state index in [9.17, 15) is 0 Å². The molecule has 0 unspecified atom stereocenters. The van der Waals surface area contributed by atoms with Gasteiger partial charge in [0.15, 0.2) is 0 Å². The van der Waals surface area contributed by atoms with Gasteiger partial charge < -0.3 is 0 Å². The molecule has 0 saturated heterocycles. The monoisotopic (exact) mass is 348 g/mol. The highest BCUT2D eigenvalue weighted by Gasteiger charge is 1.99. The zero-order valence-electron chi connectivity index (χ0n) is 15.1. The second kappa shape index (κ2) is 17.0. The van der Waals surface area contributed by atoms with Gasteiger partial charge in [0.25, 0.3) is 0 Å². The average Bonchev–Trinajstić information content (AvgIpc) is 2.39. The molecule has 4 heteroatoms. The van der Waals surface area contributed by atoms with Crippen LogP contribution in [0.2, 0.25) is 0 Å². The first kappa shape index (κ1) is 26.5. The molecule has 0 rings (SSSR count). The maximum atomic E-state index is 3.25. The first-order valence-electron chi connectivity index (χ1n) is 7.77. The first-order valence-corrected chi connectivity index (χ1v) is 7.77. The summed E-state index contributed by atoms with van der Waals surface area (Å²) in [4.78, 5) is 4.51. The minimum absolute atomic E-state index is 0. The zero-order chi connectivity index (χ0) is 15.4. The van der Waals surface area contributed by atoms with Crippen LogP contribution in [0, 0.1) is 23.7 Å². The summed E-state index contributed by atoms with van der Waals surface area (Å²) >= 11 is 0. The SMILES string of the molecule is CC(C)N(C)CC#CCCCCC#CCN(C)C(C)C.Cl.Cl. The number of rotatable bonds is 7. The maximum absolute atomic E-state index is 3.25. The van der Waals surface area contributed by atoms with Crippen LogP contribution >= 0.6 is 24.8 Å². The van der Waals surface area contributed by atoms with Crippen molar-refractivity contribution in [2.75, 3.05) is 27.2 Å². The quantitative estimate of drug-likeness (QED) is 0.505. The Labute approximate surface area is 151 Å². The topological polar surface area (TPSA) is 6.48 Å².